The van der Waals surface area contributed by atoms with E-state index < -0.39 is 86.5 Å². The molecule has 66 heavy (non-hydrogen) atoms. The average molecular weight is 945 g/mol. The number of methoxy groups -OCH3 is 1. The van der Waals surface area contributed by atoms with Crippen LogP contribution >= 0.6 is 0 Å². The highest BCUT2D eigenvalue weighted by Gasteiger charge is 2.70. The van der Waals surface area contributed by atoms with Gasteiger partial charge in [0, 0.05) is 23.9 Å². The number of ether oxygens (including phenoxy) is 6. The van der Waals surface area contributed by atoms with Gasteiger partial charge in [0.1, 0.15) is 47.7 Å². The lowest BCUT2D eigenvalue weighted by Gasteiger charge is -2.60. The maximum atomic E-state index is 14.2. The summed E-state index contributed by atoms with van der Waals surface area (Å²) in [5.74, 6) is -0.244. The van der Waals surface area contributed by atoms with Gasteiger partial charge in [-0.3, -0.25) is 4.79 Å². The van der Waals surface area contributed by atoms with Crippen molar-refractivity contribution in [2.45, 2.75) is 198 Å². The molecule has 0 spiro atoms. The zero-order valence-corrected chi connectivity index (χ0v) is 42.2. The van der Waals surface area contributed by atoms with E-state index in [2.05, 4.69) is 67.6 Å². The summed E-state index contributed by atoms with van der Waals surface area (Å²) in [6, 6.07) is 6.11. The van der Waals surface area contributed by atoms with Gasteiger partial charge in [-0.15, -0.1) is 0 Å². The number of fused-ring (bicyclic) bond motifs is 5. The zero-order chi connectivity index (χ0) is 48.3. The summed E-state index contributed by atoms with van der Waals surface area (Å²) in [6.45, 7) is 21.4. The Bertz CT molecular complexity index is 1900. The number of carbonyl (C=O) groups excluding carboxylic acids is 2. The van der Waals surface area contributed by atoms with Gasteiger partial charge in [0.2, 0.25) is 0 Å². The van der Waals surface area contributed by atoms with E-state index in [0.717, 1.165) is 32.1 Å². The van der Waals surface area contributed by atoms with Crippen LogP contribution in [0.3, 0.4) is 0 Å². The van der Waals surface area contributed by atoms with E-state index in [4.69, 9.17) is 32.8 Å². The molecule has 3 saturated carbocycles. The second-order valence-electron chi connectivity index (χ2n) is 23.0. The molecule has 6 aliphatic rings. The van der Waals surface area contributed by atoms with Crippen molar-refractivity contribution >= 4 is 20.1 Å². The molecule has 0 bridgehead atoms. The van der Waals surface area contributed by atoms with Crippen LogP contribution in [0.15, 0.2) is 35.9 Å². The molecule has 2 heterocycles. The molecule has 17 atom stereocenters. The van der Waals surface area contributed by atoms with Crippen molar-refractivity contribution in [2.75, 3.05) is 20.3 Å². The summed E-state index contributed by atoms with van der Waals surface area (Å²) < 4.78 is 42.5. The second-order valence-corrected chi connectivity index (χ2v) is 27.7. The van der Waals surface area contributed by atoms with E-state index in [0.29, 0.717) is 43.3 Å². The van der Waals surface area contributed by atoms with Crippen LogP contribution in [0, 0.1) is 40.4 Å². The van der Waals surface area contributed by atoms with Gasteiger partial charge in [-0.25, -0.2) is 4.79 Å². The van der Waals surface area contributed by atoms with Crippen molar-refractivity contribution in [3.63, 3.8) is 0 Å². The third kappa shape index (κ3) is 9.50. The summed E-state index contributed by atoms with van der Waals surface area (Å²) in [6.07, 6.45) is -3.38. The van der Waals surface area contributed by atoms with Gasteiger partial charge >= 0.3 is 5.97 Å². The summed E-state index contributed by atoms with van der Waals surface area (Å²) >= 11 is 0. The molecule has 2 saturated heterocycles. The topological polar surface area (TPSA) is 200 Å². The quantitative estimate of drug-likeness (QED) is 0.0771. The largest absolute Gasteiger partial charge is 0.497 e. The highest BCUT2D eigenvalue weighted by molar-refractivity contribution is 6.74. The smallest absolute Gasteiger partial charge is 0.338 e. The fraction of sp³-hybridized carbons (Fsp3) is 0.804. The molecule has 9 unspecified atom stereocenters. The third-order valence-corrected chi connectivity index (χ3v) is 22.3. The predicted octanol–water partition coefficient (Wildman–Crippen LogP) is 6.48. The summed E-state index contributed by atoms with van der Waals surface area (Å²) in [4.78, 5) is 27.5. The number of hydrogen-bond acceptors (Lipinski definition) is 14. The Morgan fingerprint density at radius 1 is 0.879 bits per heavy atom. The predicted molar refractivity (Wildman–Crippen MR) is 248 cm³/mol. The first-order valence-corrected chi connectivity index (χ1v) is 27.5. The molecule has 15 heteroatoms. The molecule has 0 radical (unpaired) electrons. The fourth-order valence-corrected chi connectivity index (χ4v) is 13.9. The minimum absolute atomic E-state index is 0.00880. The van der Waals surface area contributed by atoms with Crippen molar-refractivity contribution < 1.29 is 68.0 Å². The van der Waals surface area contributed by atoms with E-state index in [9.17, 15) is 35.1 Å². The SMILES string of the molecule is COc1ccc(C(=O)OC2C(OC3C(O)COC(O[C@H]4C[C@H]5[C@@H]6CC=C7C[C@@H](O[Si](C)(C)C(C)(C)C)CC[C@]7(C)C6CC[C@]5(C)[C@@]4(O)[C@H](C)C(=O)CCC(C)C)C3O)OCC(O)C2O)cc1. The van der Waals surface area contributed by atoms with Crippen LogP contribution in [-0.2, 0) is 32.9 Å². The van der Waals surface area contributed by atoms with E-state index >= 15 is 0 Å². The number of carbonyl (C=O) groups is 2. The number of hydrogen-bond donors (Lipinski definition) is 5. The molecule has 4 aliphatic carbocycles. The van der Waals surface area contributed by atoms with Gasteiger partial charge in [0.15, 0.2) is 27.0 Å². The fourth-order valence-electron chi connectivity index (χ4n) is 12.5. The first-order valence-electron chi connectivity index (χ1n) is 24.6. The highest BCUT2D eigenvalue weighted by atomic mass is 28.4. The number of Topliss-reactive ketones (excluding diaryl/α,β-unsaturated/α-hetero) is 1. The number of esters is 1. The minimum atomic E-state index is -1.96. The summed E-state index contributed by atoms with van der Waals surface area (Å²) in [7, 11) is -0.463. The molecule has 1 aromatic carbocycles. The molecule has 1 aromatic rings. The van der Waals surface area contributed by atoms with E-state index in [-0.39, 0.29) is 53.0 Å². The number of rotatable bonds is 14. The monoisotopic (exact) mass is 945 g/mol. The Morgan fingerprint density at radius 3 is 2.20 bits per heavy atom. The lowest BCUT2D eigenvalue weighted by molar-refractivity contribution is -0.344. The molecule has 7 rings (SSSR count). The maximum Gasteiger partial charge on any atom is 0.338 e. The van der Waals surface area contributed by atoms with Crippen molar-refractivity contribution in [3.8, 4) is 5.75 Å². The first kappa shape index (κ1) is 51.6. The Balaban J connectivity index is 1.13. The van der Waals surface area contributed by atoms with Gasteiger partial charge in [0.25, 0.3) is 0 Å². The van der Waals surface area contributed by atoms with Crippen LogP contribution in [0.1, 0.15) is 124 Å². The van der Waals surface area contributed by atoms with Gasteiger partial charge in [0.05, 0.1) is 32.0 Å². The normalized spacial score (nSPS) is 41.0. The maximum absolute atomic E-state index is 14.2. The van der Waals surface area contributed by atoms with Gasteiger partial charge in [-0.2, -0.15) is 0 Å². The molecule has 14 nitrogen and oxygen atoms in total. The van der Waals surface area contributed by atoms with Gasteiger partial charge < -0.3 is 58.4 Å². The zero-order valence-electron chi connectivity index (χ0n) is 41.2. The van der Waals surface area contributed by atoms with Crippen LogP contribution in [0.25, 0.3) is 0 Å². The van der Waals surface area contributed by atoms with Gasteiger partial charge in [-0.1, -0.05) is 67.0 Å². The van der Waals surface area contributed by atoms with Crippen molar-refractivity contribution in [2.24, 2.45) is 40.4 Å². The Morgan fingerprint density at radius 2 is 1.55 bits per heavy atom. The molecule has 2 aliphatic heterocycles. The lowest BCUT2D eigenvalue weighted by Crippen LogP contribution is -2.63. The summed E-state index contributed by atoms with van der Waals surface area (Å²) in [5, 5.41) is 58.4. The number of ketones is 1. The van der Waals surface area contributed by atoms with Crippen molar-refractivity contribution in [1.29, 1.82) is 0 Å². The second kappa shape index (κ2) is 19.5. The number of aliphatic hydroxyl groups excluding tert-OH is 4. The Kier molecular flexibility index (Phi) is 15.2. The standard InChI is InChI=1S/C51H80O14Si/c1-28(2)12-19-37(52)29(3)51(58)40(25-36-34-18-15-31-24-33(65-66(10,11)48(4,5)6)20-22-49(31,7)35(34)21-23-50(36,51)8)62-46-42(56)43(39(54)27-60-46)64-47-44(41(55)38(53)26-61-47)63-45(57)30-13-16-32(59-9)17-14-30/h13-17,28-29,33-36,38-44,46-47,53-56,58H,12,18-27H2,1-11H3/t29-,33+,34-,35?,36+,38?,39?,40+,41?,42?,43?,44?,46?,47?,49+,50+,51-/m1/s1. The molecule has 5 fully saturated rings. The van der Waals surface area contributed by atoms with Crippen molar-refractivity contribution in [1.82, 2.24) is 0 Å². The molecular formula is C51H80O14Si. The minimum Gasteiger partial charge on any atom is -0.497 e. The van der Waals surface area contributed by atoms with Crippen molar-refractivity contribution in [3.05, 3.63) is 41.5 Å². The van der Waals surface area contributed by atoms with Crippen LogP contribution in [0.2, 0.25) is 18.1 Å². The van der Waals surface area contributed by atoms with E-state index in [1.54, 1.807) is 12.1 Å². The van der Waals surface area contributed by atoms with Crippen LogP contribution in [0.4, 0.5) is 0 Å². The lowest BCUT2D eigenvalue weighted by atomic mass is 9.46. The van der Waals surface area contributed by atoms with Crippen LogP contribution in [-0.4, -0.2) is 133 Å². The highest BCUT2D eigenvalue weighted by Crippen LogP contribution is 2.69. The number of aliphatic hydroxyl groups is 5. The number of benzene rings is 1. The molecule has 372 valence electrons. The van der Waals surface area contributed by atoms with Crippen LogP contribution in [0.5, 0.6) is 5.75 Å². The van der Waals surface area contributed by atoms with Crippen LogP contribution < -0.4 is 4.74 Å². The first-order chi connectivity index (χ1) is 30.9. The molecular weight excluding hydrogens is 865 g/mol. The van der Waals surface area contributed by atoms with E-state index in [1.165, 1.54) is 24.8 Å². The van der Waals surface area contributed by atoms with E-state index in [1.807, 2.05) is 6.92 Å². The molecule has 0 amide bonds. The average Bonchev–Trinajstić information content (AvgIpc) is 3.49. The summed E-state index contributed by atoms with van der Waals surface area (Å²) in [5.41, 5.74) is -0.716. The Labute approximate surface area is 393 Å². The molecule has 0 aromatic heterocycles. The third-order valence-electron chi connectivity index (χ3n) is 17.7. The number of allylic oxidation sites excluding steroid dienone is 1. The Hall–Kier alpha value is -2.28. The molecule has 5 N–H and O–H groups in total. The van der Waals surface area contributed by atoms with Gasteiger partial charge in [-0.05, 0) is 123 Å².